The number of hydrogen-bond donors (Lipinski definition) is 1. The molecule has 1 aromatic rings. The Hall–Kier alpha value is -1.08. The Morgan fingerprint density at radius 1 is 1.32 bits per heavy atom. The third-order valence-corrected chi connectivity index (χ3v) is 5.00. The lowest BCUT2D eigenvalue weighted by Crippen LogP contribution is -2.37. The van der Waals surface area contributed by atoms with E-state index < -0.39 is 27.8 Å². The maximum atomic E-state index is 13.5. The first-order valence-corrected chi connectivity index (χ1v) is 8.31. The minimum atomic E-state index is -4.46. The first-order chi connectivity index (χ1) is 10.1. The molecule has 22 heavy (non-hydrogen) atoms. The molecule has 1 saturated carbocycles. The van der Waals surface area contributed by atoms with Gasteiger partial charge in [-0.05, 0) is 39.2 Å². The van der Waals surface area contributed by atoms with Crippen LogP contribution in [0.5, 0.6) is 5.75 Å². The molecule has 0 radical (unpaired) electrons. The molecule has 0 aliphatic heterocycles. The second-order valence-corrected chi connectivity index (χ2v) is 7.91. The molecule has 2 atom stereocenters. The van der Waals surface area contributed by atoms with Crippen LogP contribution in [0, 0.1) is 0 Å². The molecule has 0 spiro atoms. The van der Waals surface area contributed by atoms with Gasteiger partial charge in [-0.1, -0.05) is 18.2 Å². The van der Waals surface area contributed by atoms with Crippen LogP contribution in [0.1, 0.15) is 44.6 Å². The molecule has 2 rings (SSSR count). The maximum Gasteiger partial charge on any atom is 0.395 e. The van der Waals surface area contributed by atoms with Crippen molar-refractivity contribution in [3.63, 3.8) is 0 Å². The zero-order valence-corrected chi connectivity index (χ0v) is 13.3. The number of benzene rings is 1. The van der Waals surface area contributed by atoms with Crippen molar-refractivity contribution in [3.05, 3.63) is 29.8 Å². The minimum absolute atomic E-state index is 0.00619. The highest BCUT2D eigenvalue weighted by molar-refractivity contribution is 7.84. The van der Waals surface area contributed by atoms with E-state index in [1.807, 2.05) is 0 Å². The fourth-order valence-corrected chi connectivity index (χ4v) is 2.55. The summed E-state index contributed by atoms with van der Waals surface area (Å²) in [6.45, 7) is 2.96. The summed E-state index contributed by atoms with van der Waals surface area (Å²) in [5.41, 5.74) is 0.0837. The first-order valence-electron chi connectivity index (χ1n) is 7.10. The summed E-state index contributed by atoms with van der Waals surface area (Å²) in [6.07, 6.45) is -3.08. The number of para-hydroxylation sites is 1. The Morgan fingerprint density at radius 3 is 2.41 bits per heavy atom. The fraction of sp³-hybridized carbons (Fsp3) is 0.600. The second kappa shape index (κ2) is 6.20. The van der Waals surface area contributed by atoms with E-state index in [1.165, 1.54) is 19.9 Å². The van der Waals surface area contributed by atoms with Crippen molar-refractivity contribution < 1.29 is 22.1 Å². The summed E-state index contributed by atoms with van der Waals surface area (Å²) in [6, 6.07) is 6.19. The van der Waals surface area contributed by atoms with E-state index in [2.05, 4.69) is 0 Å². The van der Waals surface area contributed by atoms with Crippen LogP contribution in [0.3, 0.4) is 0 Å². The van der Waals surface area contributed by atoms with Crippen LogP contribution in [0.2, 0.25) is 0 Å². The van der Waals surface area contributed by atoms with Crippen molar-refractivity contribution in [1.82, 2.24) is 0 Å². The number of alkyl halides is 3. The number of hydrogen-bond acceptors (Lipinski definition) is 2. The van der Waals surface area contributed by atoms with Gasteiger partial charge < -0.3 is 4.74 Å². The molecular formula is C15H20F3NO2S. The smallest absolute Gasteiger partial charge is 0.395 e. The van der Waals surface area contributed by atoms with Gasteiger partial charge >= 0.3 is 6.18 Å². The van der Waals surface area contributed by atoms with Gasteiger partial charge in [0.25, 0.3) is 0 Å². The highest BCUT2D eigenvalue weighted by Gasteiger charge is 2.46. The van der Waals surface area contributed by atoms with E-state index in [0.29, 0.717) is 0 Å². The van der Waals surface area contributed by atoms with Crippen LogP contribution in [-0.4, -0.2) is 21.2 Å². The van der Waals surface area contributed by atoms with Gasteiger partial charge in [0.1, 0.15) is 5.75 Å². The third kappa shape index (κ3) is 4.23. The summed E-state index contributed by atoms with van der Waals surface area (Å²) in [4.78, 5) is 0. The normalized spacial score (nSPS) is 18.8. The number of nitrogens with two attached hydrogens (primary N) is 1. The lowest BCUT2D eigenvalue weighted by molar-refractivity contribution is -0.153. The Balaban J connectivity index is 2.35. The van der Waals surface area contributed by atoms with Crippen LogP contribution in [-0.2, 0) is 11.0 Å². The average molecular weight is 335 g/mol. The van der Waals surface area contributed by atoms with E-state index in [-0.39, 0.29) is 23.8 Å². The summed E-state index contributed by atoms with van der Waals surface area (Å²) < 4.78 is 56.6. The zero-order chi connectivity index (χ0) is 16.5. The number of ether oxygens (including phenoxy) is 1. The fourth-order valence-electron chi connectivity index (χ4n) is 2.22. The number of rotatable bonds is 6. The highest BCUT2D eigenvalue weighted by atomic mass is 32.2. The first kappa shape index (κ1) is 17.3. The van der Waals surface area contributed by atoms with E-state index in [1.54, 1.807) is 18.2 Å². The van der Waals surface area contributed by atoms with Gasteiger partial charge in [-0.2, -0.15) is 13.2 Å². The molecule has 1 aliphatic rings. The summed E-state index contributed by atoms with van der Waals surface area (Å²) in [7, 11) is -1.85. The minimum Gasteiger partial charge on any atom is -0.490 e. The van der Waals surface area contributed by atoms with Crippen LogP contribution in [0.4, 0.5) is 13.2 Å². The quantitative estimate of drug-likeness (QED) is 0.862. The van der Waals surface area contributed by atoms with Gasteiger partial charge in [-0.15, -0.1) is 0 Å². The Labute approximate surface area is 130 Å². The van der Waals surface area contributed by atoms with Crippen molar-refractivity contribution in [2.45, 2.75) is 56.1 Å². The van der Waals surface area contributed by atoms with Crippen molar-refractivity contribution in [2.75, 3.05) is 0 Å². The van der Waals surface area contributed by atoms with Crippen LogP contribution in [0.15, 0.2) is 24.3 Å². The predicted molar refractivity (Wildman–Crippen MR) is 79.9 cm³/mol. The summed E-state index contributed by atoms with van der Waals surface area (Å²) in [5, 5.41) is 5.34. The lowest BCUT2D eigenvalue weighted by atomic mass is 9.88. The molecule has 3 nitrogen and oxygen atoms in total. The van der Waals surface area contributed by atoms with Gasteiger partial charge in [0.15, 0.2) is 0 Å². The van der Waals surface area contributed by atoms with Crippen LogP contribution in [0.25, 0.3) is 0 Å². The molecule has 0 aromatic heterocycles. The van der Waals surface area contributed by atoms with E-state index in [0.717, 1.165) is 12.8 Å². The van der Waals surface area contributed by atoms with Crippen molar-refractivity contribution in [2.24, 2.45) is 5.14 Å². The van der Waals surface area contributed by atoms with Gasteiger partial charge in [-0.3, -0.25) is 5.14 Å². The van der Waals surface area contributed by atoms with Gasteiger partial charge in [0.05, 0.1) is 27.8 Å². The molecule has 0 bridgehead atoms. The van der Waals surface area contributed by atoms with Crippen LogP contribution < -0.4 is 9.88 Å². The van der Waals surface area contributed by atoms with Crippen molar-refractivity contribution in [1.29, 1.82) is 0 Å². The molecule has 7 heteroatoms. The maximum absolute atomic E-state index is 13.5. The molecule has 0 saturated heterocycles. The SMILES string of the molecule is CC(C)(C[C@H](c1ccccc1OC1CC1)C(F)(F)F)S(N)=O. The lowest BCUT2D eigenvalue weighted by Gasteiger charge is -2.30. The molecule has 0 amide bonds. The molecular weight excluding hydrogens is 315 g/mol. The largest absolute Gasteiger partial charge is 0.490 e. The van der Waals surface area contributed by atoms with Gasteiger partial charge in [0, 0.05) is 5.56 Å². The zero-order valence-electron chi connectivity index (χ0n) is 12.5. The Kier molecular flexibility index (Phi) is 4.87. The topological polar surface area (TPSA) is 52.3 Å². The van der Waals surface area contributed by atoms with E-state index in [9.17, 15) is 17.4 Å². The summed E-state index contributed by atoms with van der Waals surface area (Å²) >= 11 is 0. The Morgan fingerprint density at radius 2 is 1.91 bits per heavy atom. The highest BCUT2D eigenvalue weighted by Crippen LogP contribution is 2.45. The summed E-state index contributed by atoms with van der Waals surface area (Å²) in [5.74, 6) is -1.50. The van der Waals surface area contributed by atoms with E-state index >= 15 is 0 Å². The van der Waals surface area contributed by atoms with Crippen molar-refractivity contribution in [3.8, 4) is 5.75 Å². The Bertz CT molecular complexity index is 556. The second-order valence-electron chi connectivity index (χ2n) is 6.21. The molecule has 1 fully saturated rings. The van der Waals surface area contributed by atoms with Crippen LogP contribution >= 0.6 is 0 Å². The molecule has 1 aromatic carbocycles. The molecule has 1 aliphatic carbocycles. The third-order valence-electron chi connectivity index (χ3n) is 3.75. The molecule has 0 heterocycles. The molecule has 2 N–H and O–H groups in total. The molecule has 124 valence electrons. The number of halogens is 3. The van der Waals surface area contributed by atoms with Gasteiger partial charge in [-0.25, -0.2) is 4.21 Å². The van der Waals surface area contributed by atoms with E-state index in [4.69, 9.17) is 9.88 Å². The predicted octanol–water partition coefficient (Wildman–Crippen LogP) is 3.66. The average Bonchev–Trinajstić information content (AvgIpc) is 3.19. The van der Waals surface area contributed by atoms with Gasteiger partial charge in [0.2, 0.25) is 0 Å². The van der Waals surface area contributed by atoms with Crippen molar-refractivity contribution >= 4 is 11.0 Å². The standard InChI is InChI=1S/C15H20F3NO2S/c1-14(2,22(19)20)9-12(15(16,17)18)11-5-3-4-6-13(11)21-10-7-8-10/h3-6,10,12H,7-9,19H2,1-2H3/t12-,22?/m1/s1. The monoisotopic (exact) mass is 335 g/mol. The molecule has 1 unspecified atom stereocenters.